The van der Waals surface area contributed by atoms with Crippen molar-refractivity contribution in [3.63, 3.8) is 0 Å². The fraction of sp³-hybridized carbons (Fsp3) is 0.417. The second kappa shape index (κ2) is 4.74. The Morgan fingerprint density at radius 1 is 1.38 bits per heavy atom. The molecule has 0 unspecified atom stereocenters. The molecule has 0 heterocycles. The van der Waals surface area contributed by atoms with Crippen LogP contribution in [0.15, 0.2) is 18.2 Å². The first-order chi connectivity index (χ1) is 7.28. The molecule has 1 amide bonds. The summed E-state index contributed by atoms with van der Waals surface area (Å²) in [6.07, 6.45) is -0.474. The second-order valence-electron chi connectivity index (χ2n) is 4.59. The van der Waals surface area contributed by atoms with Gasteiger partial charge < -0.3 is 4.74 Å². The van der Waals surface area contributed by atoms with Crippen molar-refractivity contribution in [3.8, 4) is 0 Å². The van der Waals surface area contributed by atoms with Gasteiger partial charge in [0.1, 0.15) is 5.60 Å². The normalized spacial score (nSPS) is 11.1. The first kappa shape index (κ1) is 12.8. The topological polar surface area (TPSA) is 38.3 Å². The van der Waals surface area contributed by atoms with Crippen LogP contribution in [0, 0.1) is 6.92 Å². The molecule has 16 heavy (non-hydrogen) atoms. The summed E-state index contributed by atoms with van der Waals surface area (Å²) in [5.74, 6) is 0. The fourth-order valence-corrected chi connectivity index (χ4v) is 1.31. The molecule has 0 atom stereocenters. The van der Waals surface area contributed by atoms with Gasteiger partial charge in [0.25, 0.3) is 0 Å². The Kier molecular flexibility index (Phi) is 3.81. The lowest BCUT2D eigenvalue weighted by molar-refractivity contribution is 0.0636. The lowest BCUT2D eigenvalue weighted by Gasteiger charge is -2.20. The Labute approximate surface area is 101 Å². The Balaban J connectivity index is 2.73. The third-order valence-corrected chi connectivity index (χ3v) is 2.07. The predicted octanol–water partition coefficient (Wildman–Crippen LogP) is 4.00. The van der Waals surface area contributed by atoms with Gasteiger partial charge in [0.2, 0.25) is 0 Å². The summed E-state index contributed by atoms with van der Waals surface area (Å²) in [5, 5.41) is 3.24. The summed E-state index contributed by atoms with van der Waals surface area (Å²) in [5.41, 5.74) is 1.10. The molecule has 1 N–H and O–H groups in total. The minimum atomic E-state index is -0.503. The molecule has 88 valence electrons. The number of ether oxygens (including phenoxy) is 1. The van der Waals surface area contributed by atoms with Gasteiger partial charge in [-0.05, 0) is 45.4 Å². The van der Waals surface area contributed by atoms with Crippen molar-refractivity contribution in [2.45, 2.75) is 33.3 Å². The van der Waals surface area contributed by atoms with Crippen LogP contribution in [0.25, 0.3) is 0 Å². The Hall–Kier alpha value is -1.22. The second-order valence-corrected chi connectivity index (χ2v) is 5.02. The largest absolute Gasteiger partial charge is 0.444 e. The quantitative estimate of drug-likeness (QED) is 0.807. The van der Waals surface area contributed by atoms with E-state index in [9.17, 15) is 4.79 Å². The summed E-state index contributed by atoms with van der Waals surface area (Å²) in [4.78, 5) is 11.5. The molecule has 4 heteroatoms. The molecule has 0 radical (unpaired) electrons. The standard InChI is InChI=1S/C12H16ClNO2/c1-8-5-6-9(13)7-10(8)14-11(15)16-12(2,3)4/h5-7H,1-4H3,(H,14,15). The molecule has 0 aliphatic rings. The fourth-order valence-electron chi connectivity index (χ4n) is 1.14. The molecule has 0 saturated carbocycles. The van der Waals surface area contributed by atoms with Crippen molar-refractivity contribution < 1.29 is 9.53 Å². The molecule has 0 aromatic heterocycles. The SMILES string of the molecule is Cc1ccc(Cl)cc1NC(=O)OC(C)(C)C. The van der Waals surface area contributed by atoms with Crippen molar-refractivity contribution in [2.24, 2.45) is 0 Å². The third kappa shape index (κ3) is 4.11. The van der Waals surface area contributed by atoms with Crippen LogP contribution in [0.2, 0.25) is 5.02 Å². The zero-order valence-corrected chi connectivity index (χ0v) is 10.7. The third-order valence-electron chi connectivity index (χ3n) is 1.84. The summed E-state index contributed by atoms with van der Waals surface area (Å²) >= 11 is 5.84. The van der Waals surface area contributed by atoms with Gasteiger partial charge in [0.05, 0.1) is 0 Å². The number of aryl methyl sites for hydroxylation is 1. The molecule has 0 aliphatic carbocycles. The summed E-state index contributed by atoms with van der Waals surface area (Å²) < 4.78 is 5.14. The van der Waals surface area contributed by atoms with Crippen molar-refractivity contribution in [1.29, 1.82) is 0 Å². The number of rotatable bonds is 1. The lowest BCUT2D eigenvalue weighted by atomic mass is 10.2. The van der Waals surface area contributed by atoms with Crippen LogP contribution >= 0.6 is 11.6 Å². The molecule has 0 spiro atoms. The van der Waals surface area contributed by atoms with Crippen molar-refractivity contribution in [2.75, 3.05) is 5.32 Å². The van der Waals surface area contributed by atoms with E-state index in [2.05, 4.69) is 5.32 Å². The predicted molar refractivity (Wildman–Crippen MR) is 66.0 cm³/mol. The number of benzene rings is 1. The molecule has 1 rings (SSSR count). The van der Waals surface area contributed by atoms with E-state index in [1.54, 1.807) is 12.1 Å². The van der Waals surface area contributed by atoms with Gasteiger partial charge in [0, 0.05) is 10.7 Å². The number of nitrogens with one attached hydrogen (secondary N) is 1. The number of anilines is 1. The first-order valence-electron chi connectivity index (χ1n) is 5.04. The van der Waals surface area contributed by atoms with Crippen LogP contribution in [0.1, 0.15) is 26.3 Å². The van der Waals surface area contributed by atoms with Crippen LogP contribution in [0.5, 0.6) is 0 Å². The first-order valence-corrected chi connectivity index (χ1v) is 5.42. The van der Waals surface area contributed by atoms with Gasteiger partial charge in [0.15, 0.2) is 0 Å². The van der Waals surface area contributed by atoms with Crippen molar-refractivity contribution in [3.05, 3.63) is 28.8 Å². The zero-order valence-electron chi connectivity index (χ0n) is 9.93. The van der Waals surface area contributed by atoms with Crippen molar-refractivity contribution >= 4 is 23.4 Å². The van der Waals surface area contributed by atoms with Gasteiger partial charge in [-0.1, -0.05) is 17.7 Å². The molecule has 0 aliphatic heterocycles. The monoisotopic (exact) mass is 241 g/mol. The molecule has 0 fully saturated rings. The van der Waals surface area contributed by atoms with Crippen LogP contribution in [0.3, 0.4) is 0 Å². The number of halogens is 1. The van der Waals surface area contributed by atoms with E-state index in [0.29, 0.717) is 10.7 Å². The summed E-state index contributed by atoms with van der Waals surface area (Å²) in [7, 11) is 0. The molecule has 1 aromatic carbocycles. The molecule has 1 aromatic rings. The van der Waals surface area contributed by atoms with E-state index in [0.717, 1.165) is 5.56 Å². The van der Waals surface area contributed by atoms with E-state index >= 15 is 0 Å². The van der Waals surface area contributed by atoms with Crippen LogP contribution in [-0.4, -0.2) is 11.7 Å². The van der Waals surface area contributed by atoms with Gasteiger partial charge >= 0.3 is 6.09 Å². The summed E-state index contributed by atoms with van der Waals surface area (Å²) in [6.45, 7) is 7.34. The van der Waals surface area contributed by atoms with Gasteiger partial charge in [-0.25, -0.2) is 4.79 Å². The highest BCUT2D eigenvalue weighted by atomic mass is 35.5. The van der Waals surface area contributed by atoms with Crippen LogP contribution in [0.4, 0.5) is 10.5 Å². The smallest absolute Gasteiger partial charge is 0.412 e. The number of carbonyl (C=O) groups is 1. The van der Waals surface area contributed by atoms with Crippen molar-refractivity contribution in [1.82, 2.24) is 0 Å². The minimum absolute atomic E-state index is 0.474. The van der Waals surface area contributed by atoms with E-state index in [4.69, 9.17) is 16.3 Å². The van der Waals surface area contributed by atoms with E-state index in [1.165, 1.54) is 0 Å². The maximum absolute atomic E-state index is 11.5. The summed E-state index contributed by atoms with van der Waals surface area (Å²) in [6, 6.07) is 5.31. The average molecular weight is 242 g/mol. The van der Waals surface area contributed by atoms with Crippen LogP contribution < -0.4 is 5.32 Å². The maximum atomic E-state index is 11.5. The minimum Gasteiger partial charge on any atom is -0.444 e. The van der Waals surface area contributed by atoms with E-state index < -0.39 is 11.7 Å². The zero-order chi connectivity index (χ0) is 12.3. The van der Waals surface area contributed by atoms with Gasteiger partial charge in [-0.2, -0.15) is 0 Å². The highest BCUT2D eigenvalue weighted by molar-refractivity contribution is 6.30. The molecule has 0 saturated heterocycles. The highest BCUT2D eigenvalue weighted by Gasteiger charge is 2.16. The number of hydrogen-bond acceptors (Lipinski definition) is 2. The van der Waals surface area contributed by atoms with Gasteiger partial charge in [-0.15, -0.1) is 0 Å². The van der Waals surface area contributed by atoms with E-state index in [-0.39, 0.29) is 0 Å². The molecule has 0 bridgehead atoms. The Morgan fingerprint density at radius 2 is 2.00 bits per heavy atom. The van der Waals surface area contributed by atoms with Gasteiger partial charge in [-0.3, -0.25) is 5.32 Å². The number of carbonyl (C=O) groups excluding carboxylic acids is 1. The van der Waals surface area contributed by atoms with E-state index in [1.807, 2.05) is 33.8 Å². The average Bonchev–Trinajstić information content (AvgIpc) is 2.08. The number of amides is 1. The molecule has 3 nitrogen and oxygen atoms in total. The highest BCUT2D eigenvalue weighted by Crippen LogP contribution is 2.21. The maximum Gasteiger partial charge on any atom is 0.412 e. The Morgan fingerprint density at radius 3 is 2.56 bits per heavy atom. The van der Waals surface area contributed by atoms with Crippen LogP contribution in [-0.2, 0) is 4.74 Å². The number of hydrogen-bond donors (Lipinski definition) is 1. The molecular weight excluding hydrogens is 226 g/mol. The Bertz CT molecular complexity index is 396. The lowest BCUT2D eigenvalue weighted by Crippen LogP contribution is -2.27. The molecular formula is C12H16ClNO2.